The second-order valence-corrected chi connectivity index (χ2v) is 6.89. The van der Waals surface area contributed by atoms with Crippen LogP contribution >= 0.6 is 11.8 Å². The van der Waals surface area contributed by atoms with E-state index in [1.165, 1.54) is 0 Å². The summed E-state index contributed by atoms with van der Waals surface area (Å²) in [6, 6.07) is 3.70. The lowest BCUT2D eigenvalue weighted by Crippen LogP contribution is -2.49. The molecule has 128 valence electrons. The minimum absolute atomic E-state index is 0.103. The van der Waals surface area contributed by atoms with Crippen molar-refractivity contribution in [3.8, 4) is 0 Å². The fourth-order valence-electron chi connectivity index (χ4n) is 2.72. The molecule has 2 aromatic heterocycles. The molecule has 0 saturated carbocycles. The average Bonchev–Trinajstić information content (AvgIpc) is 3.14. The smallest absolute Gasteiger partial charge is 0.254 e. The fourth-order valence-corrected chi connectivity index (χ4v) is 3.36. The molecule has 8 heteroatoms. The minimum Gasteiger partial charge on any atom is -0.336 e. The third-order valence-electron chi connectivity index (χ3n) is 4.05. The number of nitrogens with zero attached hydrogens (tertiary/aromatic N) is 6. The molecule has 7 nitrogen and oxygen atoms in total. The van der Waals surface area contributed by atoms with Crippen LogP contribution in [0.1, 0.15) is 17.3 Å². The van der Waals surface area contributed by atoms with E-state index in [1.807, 2.05) is 15.6 Å². The van der Waals surface area contributed by atoms with Crippen molar-refractivity contribution >= 4 is 17.7 Å². The van der Waals surface area contributed by atoms with Gasteiger partial charge in [-0.2, -0.15) is 5.10 Å². The predicted molar refractivity (Wildman–Crippen MR) is 93.0 cm³/mol. The summed E-state index contributed by atoms with van der Waals surface area (Å²) in [5, 5.41) is 5.03. The van der Waals surface area contributed by atoms with Gasteiger partial charge in [0.05, 0.1) is 11.6 Å². The SMILES string of the molecule is CCSc1cc(C(=O)N2CCN(CCn3cncn3)CC2)ccn1. The van der Waals surface area contributed by atoms with Crippen LogP contribution in [0.3, 0.4) is 0 Å². The number of rotatable bonds is 6. The summed E-state index contributed by atoms with van der Waals surface area (Å²) in [5.74, 6) is 1.06. The van der Waals surface area contributed by atoms with Crippen molar-refractivity contribution in [3.05, 3.63) is 36.5 Å². The molecule has 1 saturated heterocycles. The highest BCUT2D eigenvalue weighted by Crippen LogP contribution is 2.17. The van der Waals surface area contributed by atoms with Crippen molar-refractivity contribution in [2.45, 2.75) is 18.5 Å². The van der Waals surface area contributed by atoms with E-state index in [-0.39, 0.29) is 5.91 Å². The number of hydrogen-bond donors (Lipinski definition) is 0. The van der Waals surface area contributed by atoms with Gasteiger partial charge in [0.2, 0.25) is 0 Å². The van der Waals surface area contributed by atoms with Crippen LogP contribution in [0.4, 0.5) is 0 Å². The normalized spacial score (nSPS) is 15.6. The quantitative estimate of drug-likeness (QED) is 0.733. The topological polar surface area (TPSA) is 67.2 Å². The van der Waals surface area contributed by atoms with E-state index >= 15 is 0 Å². The summed E-state index contributed by atoms with van der Waals surface area (Å²) in [7, 11) is 0. The van der Waals surface area contributed by atoms with Crippen molar-refractivity contribution < 1.29 is 4.79 Å². The molecule has 0 aliphatic carbocycles. The van der Waals surface area contributed by atoms with Gasteiger partial charge in [0.15, 0.2) is 0 Å². The van der Waals surface area contributed by atoms with Gasteiger partial charge in [-0.3, -0.25) is 14.4 Å². The van der Waals surface area contributed by atoms with Crippen LogP contribution in [0.5, 0.6) is 0 Å². The van der Waals surface area contributed by atoms with Gasteiger partial charge in [-0.15, -0.1) is 11.8 Å². The maximum absolute atomic E-state index is 12.7. The standard InChI is InChI=1S/C16H22N6OS/c1-2-24-15-11-14(3-4-18-15)16(23)21-8-5-20(6-9-21)7-10-22-13-17-12-19-22/h3-4,11-13H,2,5-10H2,1H3. The molecule has 1 aliphatic rings. The lowest BCUT2D eigenvalue weighted by molar-refractivity contribution is 0.0631. The van der Waals surface area contributed by atoms with Crippen LogP contribution in [0.2, 0.25) is 0 Å². The number of thioether (sulfide) groups is 1. The van der Waals surface area contributed by atoms with Crippen molar-refractivity contribution in [1.29, 1.82) is 0 Å². The molecule has 0 atom stereocenters. The first-order chi connectivity index (χ1) is 11.8. The van der Waals surface area contributed by atoms with Gasteiger partial charge < -0.3 is 4.90 Å². The first kappa shape index (κ1) is 16.9. The third kappa shape index (κ3) is 4.33. The zero-order valence-electron chi connectivity index (χ0n) is 13.8. The number of aromatic nitrogens is 4. The number of pyridine rings is 1. The lowest BCUT2D eigenvalue weighted by Gasteiger charge is -2.34. The van der Waals surface area contributed by atoms with Crippen LogP contribution in [-0.2, 0) is 6.54 Å². The lowest BCUT2D eigenvalue weighted by atomic mass is 10.2. The second-order valence-electron chi connectivity index (χ2n) is 5.61. The molecule has 0 bridgehead atoms. The Bertz CT molecular complexity index is 654. The number of piperazine rings is 1. The van der Waals surface area contributed by atoms with E-state index in [0.29, 0.717) is 0 Å². The minimum atomic E-state index is 0.103. The van der Waals surface area contributed by atoms with Gasteiger partial charge in [0.1, 0.15) is 12.7 Å². The molecule has 0 aromatic carbocycles. The molecule has 0 radical (unpaired) electrons. The molecule has 3 heterocycles. The summed E-state index contributed by atoms with van der Waals surface area (Å²) in [6.07, 6.45) is 5.01. The zero-order valence-corrected chi connectivity index (χ0v) is 14.7. The maximum atomic E-state index is 12.7. The number of carbonyl (C=O) groups is 1. The Morgan fingerprint density at radius 2 is 2.08 bits per heavy atom. The molecule has 2 aromatic rings. The highest BCUT2D eigenvalue weighted by Gasteiger charge is 2.22. The Morgan fingerprint density at radius 1 is 1.25 bits per heavy atom. The Balaban J connectivity index is 1.50. The number of hydrogen-bond acceptors (Lipinski definition) is 6. The van der Waals surface area contributed by atoms with Gasteiger partial charge in [0, 0.05) is 44.5 Å². The summed E-state index contributed by atoms with van der Waals surface area (Å²) in [4.78, 5) is 25.2. The number of amides is 1. The maximum Gasteiger partial charge on any atom is 0.254 e. The first-order valence-electron chi connectivity index (χ1n) is 8.19. The Labute approximate surface area is 146 Å². The number of carbonyl (C=O) groups excluding carboxylic acids is 1. The highest BCUT2D eigenvalue weighted by molar-refractivity contribution is 7.99. The largest absolute Gasteiger partial charge is 0.336 e. The van der Waals surface area contributed by atoms with E-state index in [0.717, 1.165) is 55.6 Å². The first-order valence-corrected chi connectivity index (χ1v) is 9.17. The van der Waals surface area contributed by atoms with Crippen LogP contribution < -0.4 is 0 Å². The monoisotopic (exact) mass is 346 g/mol. The summed E-state index contributed by atoms with van der Waals surface area (Å²) in [5.41, 5.74) is 0.733. The van der Waals surface area contributed by atoms with Crippen molar-refractivity contribution in [2.24, 2.45) is 0 Å². The summed E-state index contributed by atoms with van der Waals surface area (Å²) in [6.45, 7) is 7.14. The van der Waals surface area contributed by atoms with E-state index in [1.54, 1.807) is 36.7 Å². The van der Waals surface area contributed by atoms with Gasteiger partial charge in [-0.05, 0) is 17.9 Å². The van der Waals surface area contributed by atoms with Gasteiger partial charge >= 0.3 is 0 Å². The van der Waals surface area contributed by atoms with Crippen LogP contribution in [0, 0.1) is 0 Å². The average molecular weight is 346 g/mol. The Kier molecular flexibility index (Phi) is 5.81. The van der Waals surface area contributed by atoms with E-state index in [4.69, 9.17) is 0 Å². The van der Waals surface area contributed by atoms with Crippen molar-refractivity contribution in [1.82, 2.24) is 29.5 Å². The molecular weight excluding hydrogens is 324 g/mol. The molecule has 0 spiro atoms. The molecule has 3 rings (SSSR count). The predicted octanol–water partition coefficient (Wildman–Crippen LogP) is 1.24. The highest BCUT2D eigenvalue weighted by atomic mass is 32.2. The van der Waals surface area contributed by atoms with E-state index in [2.05, 4.69) is 26.9 Å². The molecule has 0 unspecified atom stereocenters. The molecule has 1 amide bonds. The van der Waals surface area contributed by atoms with E-state index < -0.39 is 0 Å². The fraction of sp³-hybridized carbons (Fsp3) is 0.500. The zero-order chi connectivity index (χ0) is 16.8. The van der Waals surface area contributed by atoms with Crippen LogP contribution in [0.15, 0.2) is 36.0 Å². The molecular formula is C16H22N6OS. The van der Waals surface area contributed by atoms with Gasteiger partial charge in [-0.25, -0.2) is 9.97 Å². The van der Waals surface area contributed by atoms with Gasteiger partial charge in [-0.1, -0.05) is 6.92 Å². The summed E-state index contributed by atoms with van der Waals surface area (Å²) >= 11 is 1.66. The van der Waals surface area contributed by atoms with Crippen LogP contribution in [-0.4, -0.2) is 73.9 Å². The van der Waals surface area contributed by atoms with E-state index in [9.17, 15) is 4.79 Å². The second kappa shape index (κ2) is 8.25. The molecule has 0 N–H and O–H groups in total. The van der Waals surface area contributed by atoms with Gasteiger partial charge in [0.25, 0.3) is 5.91 Å². The molecule has 1 fully saturated rings. The molecule has 24 heavy (non-hydrogen) atoms. The van der Waals surface area contributed by atoms with Crippen molar-refractivity contribution in [2.75, 3.05) is 38.5 Å². The third-order valence-corrected chi connectivity index (χ3v) is 4.85. The van der Waals surface area contributed by atoms with Crippen LogP contribution in [0.25, 0.3) is 0 Å². The molecule has 1 aliphatic heterocycles. The summed E-state index contributed by atoms with van der Waals surface area (Å²) < 4.78 is 1.83. The Hall–Kier alpha value is -1.93. The van der Waals surface area contributed by atoms with Crippen molar-refractivity contribution in [3.63, 3.8) is 0 Å². The Morgan fingerprint density at radius 3 is 2.79 bits per heavy atom.